The van der Waals surface area contributed by atoms with Gasteiger partial charge in [0.1, 0.15) is 0 Å². The molecule has 1 saturated heterocycles. The summed E-state index contributed by atoms with van der Waals surface area (Å²) >= 11 is 0. The van der Waals surface area contributed by atoms with Gasteiger partial charge in [-0.05, 0) is 5.56 Å². The number of rotatable bonds is 2. The minimum atomic E-state index is -4.60. The number of carbonyl (C=O) groups excluding carboxylic acids is 1. The summed E-state index contributed by atoms with van der Waals surface area (Å²) in [5.74, 6) is -0.735. The van der Waals surface area contributed by atoms with Crippen LogP contribution < -0.4 is 0 Å². The van der Waals surface area contributed by atoms with E-state index >= 15 is 0 Å². The van der Waals surface area contributed by atoms with Gasteiger partial charge in [0.25, 0.3) is 0 Å². The predicted octanol–water partition coefficient (Wildman–Crippen LogP) is 1.84. The second kappa shape index (κ2) is 5.05. The Morgan fingerprint density at radius 2 is 1.84 bits per heavy atom. The summed E-state index contributed by atoms with van der Waals surface area (Å²) in [6.07, 6.45) is -4.65. The molecule has 1 N–H and O–H groups in total. The molecular weight excluding hydrogens is 259 g/mol. The van der Waals surface area contributed by atoms with E-state index in [9.17, 15) is 18.0 Å². The third-order valence-corrected chi connectivity index (χ3v) is 2.83. The van der Waals surface area contributed by atoms with Crippen molar-refractivity contribution in [3.8, 4) is 0 Å². The van der Waals surface area contributed by atoms with Crippen LogP contribution in [-0.2, 0) is 4.79 Å². The maximum atomic E-state index is 12.9. The number of hydrogen-bond donors (Lipinski definition) is 1. The molecule has 0 spiro atoms. The van der Waals surface area contributed by atoms with Crippen LogP contribution in [0.3, 0.4) is 0 Å². The second-order valence-electron chi connectivity index (χ2n) is 4.32. The molecule has 2 rings (SSSR count). The van der Waals surface area contributed by atoms with Crippen LogP contribution in [0.2, 0.25) is 0 Å². The van der Waals surface area contributed by atoms with Crippen molar-refractivity contribution < 1.29 is 23.1 Å². The average Bonchev–Trinajstić information content (AvgIpc) is 2.31. The fourth-order valence-electron chi connectivity index (χ4n) is 1.80. The third-order valence-electron chi connectivity index (χ3n) is 2.83. The maximum absolute atomic E-state index is 12.9. The monoisotopic (exact) mass is 271 g/mol. The molecule has 0 bridgehead atoms. The van der Waals surface area contributed by atoms with Gasteiger partial charge in [-0.1, -0.05) is 30.3 Å². The molecule has 0 saturated carbocycles. The number of β-amino-alcohol motifs (C(OH)–C–C–N with tert-alkyl or cyclic N) is 1. The SMILES string of the molecule is O=C(/C=C(/c1ccccc1)C(F)(F)F)N1CC(O)C1. The highest BCUT2D eigenvalue weighted by atomic mass is 19.4. The standard InChI is InChI=1S/C13H12F3NO2/c14-13(15,16)11(9-4-2-1-3-5-9)6-12(19)17-7-10(18)8-17/h1-6,10,18H,7-8H2/b11-6-. The first-order valence-corrected chi connectivity index (χ1v) is 5.69. The normalized spacial score (nSPS) is 17.3. The molecule has 6 heteroatoms. The molecule has 1 amide bonds. The van der Waals surface area contributed by atoms with E-state index in [1.54, 1.807) is 6.07 Å². The lowest BCUT2D eigenvalue weighted by Crippen LogP contribution is -2.53. The Kier molecular flexibility index (Phi) is 3.61. The minimum Gasteiger partial charge on any atom is -0.389 e. The molecule has 1 heterocycles. The quantitative estimate of drug-likeness (QED) is 0.834. The number of carbonyl (C=O) groups is 1. The van der Waals surface area contributed by atoms with Gasteiger partial charge in [-0.2, -0.15) is 13.2 Å². The van der Waals surface area contributed by atoms with Gasteiger partial charge in [0.15, 0.2) is 0 Å². The lowest BCUT2D eigenvalue weighted by Gasteiger charge is -2.35. The molecule has 0 atom stereocenters. The Morgan fingerprint density at radius 3 is 2.32 bits per heavy atom. The van der Waals surface area contributed by atoms with Crippen molar-refractivity contribution in [2.45, 2.75) is 12.3 Å². The van der Waals surface area contributed by atoms with Gasteiger partial charge in [-0.15, -0.1) is 0 Å². The van der Waals surface area contributed by atoms with Crippen LogP contribution in [0, 0.1) is 0 Å². The molecule has 1 fully saturated rings. The summed E-state index contributed by atoms with van der Waals surface area (Å²) < 4.78 is 38.8. The third kappa shape index (κ3) is 3.14. The Balaban J connectivity index is 2.26. The molecule has 19 heavy (non-hydrogen) atoms. The van der Waals surface area contributed by atoms with Crippen LogP contribution in [0.15, 0.2) is 36.4 Å². The van der Waals surface area contributed by atoms with Gasteiger partial charge in [0, 0.05) is 19.2 Å². The Morgan fingerprint density at radius 1 is 1.26 bits per heavy atom. The van der Waals surface area contributed by atoms with Crippen molar-refractivity contribution in [3.05, 3.63) is 42.0 Å². The van der Waals surface area contributed by atoms with Crippen LogP contribution in [0.5, 0.6) is 0 Å². The number of allylic oxidation sites excluding steroid dienone is 1. The highest BCUT2D eigenvalue weighted by Crippen LogP contribution is 2.34. The minimum absolute atomic E-state index is 0.0515. The number of hydrogen-bond acceptors (Lipinski definition) is 2. The summed E-state index contributed by atoms with van der Waals surface area (Å²) in [4.78, 5) is 12.8. The van der Waals surface area contributed by atoms with Crippen molar-refractivity contribution in [3.63, 3.8) is 0 Å². The zero-order valence-corrected chi connectivity index (χ0v) is 9.89. The van der Waals surface area contributed by atoms with Crippen LogP contribution >= 0.6 is 0 Å². The molecule has 1 aromatic carbocycles. The summed E-state index contributed by atoms with van der Waals surface area (Å²) in [6.45, 7) is 0.157. The topological polar surface area (TPSA) is 40.5 Å². The second-order valence-corrected chi connectivity index (χ2v) is 4.32. The van der Waals surface area contributed by atoms with Crippen LogP contribution in [0.4, 0.5) is 13.2 Å². The van der Waals surface area contributed by atoms with Crippen molar-refractivity contribution in [2.75, 3.05) is 13.1 Å². The van der Waals surface area contributed by atoms with E-state index in [2.05, 4.69) is 0 Å². The number of aliphatic hydroxyl groups excluding tert-OH is 1. The van der Waals surface area contributed by atoms with E-state index in [4.69, 9.17) is 5.11 Å². The van der Waals surface area contributed by atoms with Gasteiger partial charge in [-0.25, -0.2) is 0 Å². The first-order chi connectivity index (χ1) is 8.88. The number of halogens is 3. The van der Waals surface area contributed by atoms with Gasteiger partial charge >= 0.3 is 6.18 Å². The summed E-state index contributed by atoms with van der Waals surface area (Å²) in [7, 11) is 0. The van der Waals surface area contributed by atoms with E-state index in [1.165, 1.54) is 29.2 Å². The van der Waals surface area contributed by atoms with E-state index in [0.29, 0.717) is 6.08 Å². The first kappa shape index (κ1) is 13.6. The lowest BCUT2D eigenvalue weighted by atomic mass is 10.0. The molecule has 0 radical (unpaired) electrons. The maximum Gasteiger partial charge on any atom is 0.417 e. The number of likely N-dealkylation sites (tertiary alicyclic amines) is 1. The van der Waals surface area contributed by atoms with Gasteiger partial charge in [0.05, 0.1) is 11.7 Å². The van der Waals surface area contributed by atoms with Gasteiger partial charge < -0.3 is 10.0 Å². The van der Waals surface area contributed by atoms with E-state index < -0.39 is 23.8 Å². The molecule has 0 unspecified atom stereocenters. The van der Waals surface area contributed by atoms with Crippen LogP contribution in [0.25, 0.3) is 5.57 Å². The number of alkyl halides is 3. The van der Waals surface area contributed by atoms with Crippen molar-refractivity contribution in [2.24, 2.45) is 0 Å². The zero-order chi connectivity index (χ0) is 14.0. The van der Waals surface area contributed by atoms with E-state index in [0.717, 1.165) is 0 Å². The molecule has 1 aliphatic rings. The smallest absolute Gasteiger partial charge is 0.389 e. The Hall–Kier alpha value is -1.82. The molecule has 0 aliphatic carbocycles. The fourth-order valence-corrected chi connectivity index (χ4v) is 1.80. The Labute approximate surface area is 108 Å². The van der Waals surface area contributed by atoms with Crippen molar-refractivity contribution in [1.29, 1.82) is 0 Å². The molecule has 3 nitrogen and oxygen atoms in total. The summed E-state index contributed by atoms with van der Waals surface area (Å²) in [5.41, 5.74) is -1.02. The molecule has 0 aromatic heterocycles. The summed E-state index contributed by atoms with van der Waals surface area (Å²) in [6, 6.07) is 7.17. The number of nitrogens with zero attached hydrogens (tertiary/aromatic N) is 1. The van der Waals surface area contributed by atoms with Crippen LogP contribution in [-0.4, -0.2) is 41.3 Å². The summed E-state index contributed by atoms with van der Waals surface area (Å²) in [5, 5.41) is 9.04. The molecule has 102 valence electrons. The predicted molar refractivity (Wildman–Crippen MR) is 63.1 cm³/mol. The average molecular weight is 271 g/mol. The van der Waals surface area contributed by atoms with Gasteiger partial charge in [-0.3, -0.25) is 4.79 Å². The van der Waals surface area contributed by atoms with Crippen molar-refractivity contribution >= 4 is 11.5 Å². The first-order valence-electron chi connectivity index (χ1n) is 5.69. The fraction of sp³-hybridized carbons (Fsp3) is 0.308. The molecule has 1 aliphatic heterocycles. The highest BCUT2D eigenvalue weighted by Gasteiger charge is 2.37. The van der Waals surface area contributed by atoms with E-state index in [1.807, 2.05) is 0 Å². The van der Waals surface area contributed by atoms with Gasteiger partial charge in [0.2, 0.25) is 5.91 Å². The number of aliphatic hydroxyl groups is 1. The number of benzene rings is 1. The highest BCUT2D eigenvalue weighted by molar-refractivity contribution is 5.96. The van der Waals surface area contributed by atoms with Crippen LogP contribution in [0.1, 0.15) is 5.56 Å². The lowest BCUT2D eigenvalue weighted by molar-refractivity contribution is -0.136. The van der Waals surface area contributed by atoms with E-state index in [-0.39, 0.29) is 18.7 Å². The number of amides is 1. The molecule has 1 aromatic rings. The largest absolute Gasteiger partial charge is 0.417 e. The van der Waals surface area contributed by atoms with Crippen molar-refractivity contribution in [1.82, 2.24) is 4.90 Å². The zero-order valence-electron chi connectivity index (χ0n) is 9.89. The Bertz CT molecular complexity index is 490. The molecular formula is C13H12F3NO2.